The summed E-state index contributed by atoms with van der Waals surface area (Å²) in [4.78, 5) is 4.47. The standard InChI is InChI=1S/C15H25ClN2/c1-5-12(8-9-16)10-17-14-7-6-13(11-18-14)15(2,3)4/h6-7,11-12H,5,8-10H2,1-4H3,(H,17,18). The maximum Gasteiger partial charge on any atom is 0.125 e. The fraction of sp³-hybridized carbons (Fsp3) is 0.667. The summed E-state index contributed by atoms with van der Waals surface area (Å²) in [6, 6.07) is 4.21. The van der Waals surface area contributed by atoms with Crippen molar-refractivity contribution in [2.24, 2.45) is 5.92 Å². The quantitative estimate of drug-likeness (QED) is 0.771. The number of alkyl halides is 1. The van der Waals surface area contributed by atoms with Gasteiger partial charge in [-0.05, 0) is 29.4 Å². The maximum absolute atomic E-state index is 5.78. The van der Waals surface area contributed by atoms with Crippen molar-refractivity contribution < 1.29 is 0 Å². The number of rotatable bonds is 6. The van der Waals surface area contributed by atoms with E-state index in [4.69, 9.17) is 11.6 Å². The van der Waals surface area contributed by atoms with Crippen LogP contribution in [0.25, 0.3) is 0 Å². The molecule has 0 aromatic carbocycles. The van der Waals surface area contributed by atoms with Gasteiger partial charge in [-0.3, -0.25) is 0 Å². The lowest BCUT2D eigenvalue weighted by atomic mass is 9.88. The van der Waals surface area contributed by atoms with Crippen LogP contribution in [0, 0.1) is 5.92 Å². The first-order valence-corrected chi connectivity index (χ1v) is 7.27. The van der Waals surface area contributed by atoms with E-state index < -0.39 is 0 Å². The molecule has 0 fully saturated rings. The van der Waals surface area contributed by atoms with Gasteiger partial charge in [-0.25, -0.2) is 4.98 Å². The van der Waals surface area contributed by atoms with Crippen LogP contribution in [0.3, 0.4) is 0 Å². The predicted molar refractivity (Wildman–Crippen MR) is 80.5 cm³/mol. The van der Waals surface area contributed by atoms with Crippen molar-refractivity contribution in [3.8, 4) is 0 Å². The van der Waals surface area contributed by atoms with Crippen LogP contribution in [-0.4, -0.2) is 17.4 Å². The Labute approximate surface area is 116 Å². The van der Waals surface area contributed by atoms with Crippen LogP contribution >= 0.6 is 11.6 Å². The van der Waals surface area contributed by atoms with E-state index in [1.54, 1.807) is 0 Å². The Kier molecular flexibility index (Phi) is 5.94. The van der Waals surface area contributed by atoms with Crippen LogP contribution in [0.2, 0.25) is 0 Å². The molecule has 0 radical (unpaired) electrons. The molecule has 3 heteroatoms. The largest absolute Gasteiger partial charge is 0.370 e. The van der Waals surface area contributed by atoms with Gasteiger partial charge in [0.1, 0.15) is 5.82 Å². The first-order valence-electron chi connectivity index (χ1n) is 6.73. The zero-order valence-electron chi connectivity index (χ0n) is 12.0. The van der Waals surface area contributed by atoms with E-state index in [2.05, 4.69) is 50.1 Å². The van der Waals surface area contributed by atoms with Gasteiger partial charge in [-0.1, -0.05) is 40.2 Å². The molecule has 2 nitrogen and oxygen atoms in total. The van der Waals surface area contributed by atoms with Crippen molar-refractivity contribution in [2.75, 3.05) is 17.7 Å². The lowest BCUT2D eigenvalue weighted by molar-refractivity contribution is 0.521. The monoisotopic (exact) mass is 268 g/mol. The molecule has 0 bridgehead atoms. The molecule has 1 aromatic rings. The molecule has 1 rings (SSSR count). The number of halogens is 1. The van der Waals surface area contributed by atoms with E-state index in [0.717, 1.165) is 31.1 Å². The number of hydrogen-bond donors (Lipinski definition) is 1. The van der Waals surface area contributed by atoms with Crippen LogP contribution in [0.5, 0.6) is 0 Å². The number of aromatic nitrogens is 1. The second kappa shape index (κ2) is 6.98. The van der Waals surface area contributed by atoms with E-state index >= 15 is 0 Å². The zero-order chi connectivity index (χ0) is 13.6. The highest BCUT2D eigenvalue weighted by Gasteiger charge is 2.13. The summed E-state index contributed by atoms with van der Waals surface area (Å²) in [6.45, 7) is 9.75. The summed E-state index contributed by atoms with van der Waals surface area (Å²) in [5.41, 5.74) is 1.43. The topological polar surface area (TPSA) is 24.9 Å². The van der Waals surface area contributed by atoms with Crippen molar-refractivity contribution in [1.82, 2.24) is 4.98 Å². The minimum absolute atomic E-state index is 0.163. The number of anilines is 1. The van der Waals surface area contributed by atoms with Crippen molar-refractivity contribution in [3.63, 3.8) is 0 Å². The Morgan fingerprint density at radius 3 is 2.50 bits per heavy atom. The summed E-state index contributed by atoms with van der Waals surface area (Å²) in [6.07, 6.45) is 4.18. The average molecular weight is 269 g/mol. The number of nitrogens with one attached hydrogen (secondary N) is 1. The fourth-order valence-electron chi connectivity index (χ4n) is 1.80. The molecule has 0 aliphatic heterocycles. The minimum atomic E-state index is 0.163. The zero-order valence-corrected chi connectivity index (χ0v) is 12.7. The molecule has 0 amide bonds. The highest BCUT2D eigenvalue weighted by atomic mass is 35.5. The molecule has 1 atom stereocenters. The Morgan fingerprint density at radius 2 is 2.06 bits per heavy atom. The summed E-state index contributed by atoms with van der Waals surface area (Å²) in [5, 5.41) is 3.39. The molecule has 0 saturated carbocycles. The second-order valence-electron chi connectivity index (χ2n) is 5.81. The summed E-state index contributed by atoms with van der Waals surface area (Å²) >= 11 is 5.78. The lowest BCUT2D eigenvalue weighted by Crippen LogP contribution is -2.16. The molecule has 18 heavy (non-hydrogen) atoms. The Morgan fingerprint density at radius 1 is 1.33 bits per heavy atom. The molecule has 1 heterocycles. The summed E-state index contributed by atoms with van der Waals surface area (Å²) < 4.78 is 0. The molecule has 1 N–H and O–H groups in total. The van der Waals surface area contributed by atoms with Crippen molar-refractivity contribution in [3.05, 3.63) is 23.9 Å². The Hall–Kier alpha value is -0.760. The van der Waals surface area contributed by atoms with Gasteiger partial charge in [-0.2, -0.15) is 0 Å². The van der Waals surface area contributed by atoms with E-state index in [0.29, 0.717) is 5.92 Å². The predicted octanol–water partition coefficient (Wildman–Crippen LogP) is 4.45. The van der Waals surface area contributed by atoms with Crippen LogP contribution in [0.15, 0.2) is 18.3 Å². The third-order valence-electron chi connectivity index (χ3n) is 3.30. The second-order valence-corrected chi connectivity index (χ2v) is 6.19. The molecule has 1 aromatic heterocycles. The first kappa shape index (κ1) is 15.3. The van der Waals surface area contributed by atoms with E-state index in [9.17, 15) is 0 Å². The van der Waals surface area contributed by atoms with Crippen LogP contribution < -0.4 is 5.32 Å². The Bertz CT molecular complexity index is 341. The van der Waals surface area contributed by atoms with Gasteiger partial charge in [0.05, 0.1) is 0 Å². The van der Waals surface area contributed by atoms with Gasteiger partial charge >= 0.3 is 0 Å². The van der Waals surface area contributed by atoms with Gasteiger partial charge in [0.15, 0.2) is 0 Å². The third kappa shape index (κ3) is 4.85. The minimum Gasteiger partial charge on any atom is -0.370 e. The Balaban J connectivity index is 2.53. The molecule has 0 aliphatic rings. The molecule has 102 valence electrons. The lowest BCUT2D eigenvalue weighted by Gasteiger charge is -2.19. The average Bonchev–Trinajstić information content (AvgIpc) is 2.34. The smallest absolute Gasteiger partial charge is 0.125 e. The van der Waals surface area contributed by atoms with Gasteiger partial charge in [0.25, 0.3) is 0 Å². The third-order valence-corrected chi connectivity index (χ3v) is 3.51. The van der Waals surface area contributed by atoms with Crippen LogP contribution in [0.1, 0.15) is 46.1 Å². The van der Waals surface area contributed by atoms with Crippen molar-refractivity contribution in [1.29, 1.82) is 0 Å². The highest BCUT2D eigenvalue weighted by Crippen LogP contribution is 2.22. The van der Waals surface area contributed by atoms with Gasteiger partial charge in [0, 0.05) is 18.6 Å². The number of hydrogen-bond acceptors (Lipinski definition) is 2. The normalized spacial score (nSPS) is 13.4. The molecule has 0 spiro atoms. The maximum atomic E-state index is 5.78. The molecule has 1 unspecified atom stereocenters. The van der Waals surface area contributed by atoms with E-state index in [1.807, 2.05) is 6.20 Å². The highest BCUT2D eigenvalue weighted by molar-refractivity contribution is 6.17. The summed E-state index contributed by atoms with van der Waals surface area (Å²) in [7, 11) is 0. The van der Waals surface area contributed by atoms with Crippen molar-refractivity contribution in [2.45, 2.75) is 46.0 Å². The van der Waals surface area contributed by atoms with Crippen LogP contribution in [-0.2, 0) is 5.41 Å². The number of nitrogens with zero attached hydrogens (tertiary/aromatic N) is 1. The molecule has 0 aliphatic carbocycles. The van der Waals surface area contributed by atoms with Gasteiger partial charge in [-0.15, -0.1) is 11.6 Å². The molecular weight excluding hydrogens is 244 g/mol. The van der Waals surface area contributed by atoms with Crippen molar-refractivity contribution >= 4 is 17.4 Å². The van der Waals surface area contributed by atoms with Gasteiger partial charge < -0.3 is 5.32 Å². The molecule has 0 saturated heterocycles. The first-order chi connectivity index (χ1) is 8.47. The van der Waals surface area contributed by atoms with Gasteiger partial charge in [0.2, 0.25) is 0 Å². The number of pyridine rings is 1. The fourth-order valence-corrected chi connectivity index (χ4v) is 2.10. The van der Waals surface area contributed by atoms with E-state index in [1.165, 1.54) is 5.56 Å². The summed E-state index contributed by atoms with van der Waals surface area (Å²) in [5.74, 6) is 2.32. The SMILES string of the molecule is CCC(CCCl)CNc1ccc(C(C)(C)C)cn1. The van der Waals surface area contributed by atoms with Crippen LogP contribution in [0.4, 0.5) is 5.82 Å². The van der Waals surface area contributed by atoms with E-state index in [-0.39, 0.29) is 5.41 Å². The molecular formula is C15H25ClN2.